The Hall–Kier alpha value is -0.620. The van der Waals surface area contributed by atoms with Gasteiger partial charge in [0, 0.05) is 16.0 Å². The van der Waals surface area contributed by atoms with Crippen LogP contribution in [0.3, 0.4) is 0 Å². The summed E-state index contributed by atoms with van der Waals surface area (Å²) < 4.78 is 0.934. The fourth-order valence-electron chi connectivity index (χ4n) is 1.52. The smallest absolute Gasteiger partial charge is 0.179 e. The van der Waals surface area contributed by atoms with Crippen molar-refractivity contribution in [3.8, 4) is 0 Å². The van der Waals surface area contributed by atoms with Gasteiger partial charge in [-0.2, -0.15) is 0 Å². The third-order valence-electron chi connectivity index (χ3n) is 2.28. The standard InChI is InChI=1S/C12H14ClN3S2/c1-7(14)5-9-3-4-10(6-11(9)13)18-12-16-15-8(2)17-12/h3-4,6-7H,5,14H2,1-2H3. The lowest BCUT2D eigenvalue weighted by Crippen LogP contribution is -2.17. The van der Waals surface area contributed by atoms with Crippen molar-refractivity contribution >= 4 is 34.7 Å². The molecule has 0 spiro atoms. The van der Waals surface area contributed by atoms with Gasteiger partial charge in [-0.15, -0.1) is 10.2 Å². The average molecular weight is 300 g/mol. The van der Waals surface area contributed by atoms with Gasteiger partial charge in [0.15, 0.2) is 4.34 Å². The van der Waals surface area contributed by atoms with Crippen molar-refractivity contribution in [2.24, 2.45) is 5.73 Å². The Labute approximate surface area is 120 Å². The Morgan fingerprint density at radius 1 is 1.44 bits per heavy atom. The molecule has 1 aromatic carbocycles. The topological polar surface area (TPSA) is 51.8 Å². The van der Waals surface area contributed by atoms with E-state index in [1.54, 1.807) is 23.1 Å². The first-order chi connectivity index (χ1) is 8.54. The number of hydrogen-bond donors (Lipinski definition) is 1. The van der Waals surface area contributed by atoms with Gasteiger partial charge in [-0.05, 0) is 38.0 Å². The van der Waals surface area contributed by atoms with Gasteiger partial charge in [0.1, 0.15) is 5.01 Å². The highest BCUT2D eigenvalue weighted by Gasteiger charge is 2.07. The molecule has 1 heterocycles. The highest BCUT2D eigenvalue weighted by molar-refractivity contribution is 8.01. The van der Waals surface area contributed by atoms with Crippen molar-refractivity contribution in [3.05, 3.63) is 33.8 Å². The summed E-state index contributed by atoms with van der Waals surface area (Å²) in [5.41, 5.74) is 6.86. The minimum Gasteiger partial charge on any atom is -0.328 e. The Morgan fingerprint density at radius 3 is 2.78 bits per heavy atom. The van der Waals surface area contributed by atoms with Gasteiger partial charge in [0.05, 0.1) is 0 Å². The maximum atomic E-state index is 6.24. The maximum absolute atomic E-state index is 6.24. The van der Waals surface area contributed by atoms with Gasteiger partial charge >= 0.3 is 0 Å². The molecule has 1 aromatic heterocycles. The second-order valence-electron chi connectivity index (χ2n) is 4.12. The third kappa shape index (κ3) is 3.68. The van der Waals surface area contributed by atoms with Gasteiger partial charge in [0.2, 0.25) is 0 Å². The Morgan fingerprint density at radius 2 is 2.22 bits per heavy atom. The maximum Gasteiger partial charge on any atom is 0.179 e. The van der Waals surface area contributed by atoms with Crippen LogP contribution in [0.2, 0.25) is 5.02 Å². The average Bonchev–Trinajstić information content (AvgIpc) is 2.68. The monoisotopic (exact) mass is 299 g/mol. The van der Waals surface area contributed by atoms with E-state index in [1.165, 1.54) is 0 Å². The van der Waals surface area contributed by atoms with Crippen molar-refractivity contribution in [2.45, 2.75) is 35.5 Å². The van der Waals surface area contributed by atoms with E-state index in [1.807, 2.05) is 32.0 Å². The normalized spacial score (nSPS) is 12.7. The second kappa shape index (κ2) is 6.02. The molecule has 1 unspecified atom stereocenters. The number of rotatable bonds is 4. The number of aryl methyl sites for hydroxylation is 1. The van der Waals surface area contributed by atoms with E-state index in [9.17, 15) is 0 Å². The molecule has 2 N–H and O–H groups in total. The third-order valence-corrected chi connectivity index (χ3v) is 4.51. The molecule has 18 heavy (non-hydrogen) atoms. The minimum absolute atomic E-state index is 0.117. The summed E-state index contributed by atoms with van der Waals surface area (Å²) in [6.07, 6.45) is 0.793. The van der Waals surface area contributed by atoms with Crippen molar-refractivity contribution < 1.29 is 0 Å². The van der Waals surface area contributed by atoms with Crippen LogP contribution in [0.1, 0.15) is 17.5 Å². The molecule has 2 rings (SSSR count). The summed E-state index contributed by atoms with van der Waals surface area (Å²) >= 11 is 9.40. The number of benzene rings is 1. The van der Waals surface area contributed by atoms with Crippen LogP contribution in [0, 0.1) is 6.92 Å². The van der Waals surface area contributed by atoms with Crippen LogP contribution in [0.5, 0.6) is 0 Å². The lowest BCUT2D eigenvalue weighted by molar-refractivity contribution is 0.738. The van der Waals surface area contributed by atoms with Gasteiger partial charge in [-0.3, -0.25) is 0 Å². The minimum atomic E-state index is 0.117. The van der Waals surface area contributed by atoms with Gasteiger partial charge in [-0.25, -0.2) is 0 Å². The largest absolute Gasteiger partial charge is 0.328 e. The lowest BCUT2D eigenvalue weighted by atomic mass is 10.1. The highest BCUT2D eigenvalue weighted by atomic mass is 35.5. The van der Waals surface area contributed by atoms with E-state index in [2.05, 4.69) is 10.2 Å². The number of aromatic nitrogens is 2. The fraction of sp³-hybridized carbons (Fsp3) is 0.333. The van der Waals surface area contributed by atoms with Crippen molar-refractivity contribution in [3.63, 3.8) is 0 Å². The van der Waals surface area contributed by atoms with Crippen LogP contribution in [0.15, 0.2) is 27.4 Å². The van der Waals surface area contributed by atoms with Crippen LogP contribution in [-0.4, -0.2) is 16.2 Å². The van der Waals surface area contributed by atoms with Gasteiger partial charge < -0.3 is 5.73 Å². The zero-order valence-corrected chi connectivity index (χ0v) is 12.6. The molecule has 2 aromatic rings. The predicted molar refractivity (Wildman–Crippen MR) is 77.6 cm³/mol. The SMILES string of the molecule is Cc1nnc(Sc2ccc(CC(C)N)c(Cl)c2)s1. The molecule has 3 nitrogen and oxygen atoms in total. The van der Waals surface area contributed by atoms with Crippen LogP contribution in [-0.2, 0) is 6.42 Å². The number of hydrogen-bond acceptors (Lipinski definition) is 5. The molecule has 0 aliphatic rings. The predicted octanol–water partition coefficient (Wildman–Crippen LogP) is 3.54. The van der Waals surface area contributed by atoms with Crippen LogP contribution < -0.4 is 5.73 Å². The van der Waals surface area contributed by atoms with Gasteiger partial charge in [-0.1, -0.05) is 40.8 Å². The molecule has 96 valence electrons. The number of nitrogens with zero attached hydrogens (tertiary/aromatic N) is 2. The van der Waals surface area contributed by atoms with Crippen molar-refractivity contribution in [1.29, 1.82) is 0 Å². The zero-order chi connectivity index (χ0) is 13.1. The molecule has 0 saturated heterocycles. The quantitative estimate of drug-likeness (QED) is 0.938. The van der Waals surface area contributed by atoms with Crippen LogP contribution >= 0.6 is 34.7 Å². The molecular formula is C12H14ClN3S2. The first kappa shape index (κ1) is 13.8. The summed E-state index contributed by atoms with van der Waals surface area (Å²) in [6.45, 7) is 3.92. The molecule has 0 aliphatic heterocycles. The molecule has 6 heteroatoms. The Kier molecular flexibility index (Phi) is 4.61. The lowest BCUT2D eigenvalue weighted by Gasteiger charge is -2.08. The number of halogens is 1. The van der Waals surface area contributed by atoms with Crippen molar-refractivity contribution in [1.82, 2.24) is 10.2 Å². The van der Waals surface area contributed by atoms with E-state index >= 15 is 0 Å². The first-order valence-electron chi connectivity index (χ1n) is 5.56. The number of nitrogens with two attached hydrogens (primary N) is 1. The summed E-state index contributed by atoms with van der Waals surface area (Å²) in [5.74, 6) is 0. The fourth-order valence-corrected chi connectivity index (χ4v) is 3.68. The molecule has 0 saturated carbocycles. The van der Waals surface area contributed by atoms with Crippen LogP contribution in [0.25, 0.3) is 0 Å². The Bertz CT molecular complexity index is 540. The van der Waals surface area contributed by atoms with E-state index in [0.717, 1.165) is 31.2 Å². The summed E-state index contributed by atoms with van der Waals surface area (Å²) in [7, 11) is 0. The molecule has 0 bridgehead atoms. The molecule has 0 amide bonds. The summed E-state index contributed by atoms with van der Waals surface area (Å²) in [4.78, 5) is 1.07. The van der Waals surface area contributed by atoms with E-state index < -0.39 is 0 Å². The molecule has 0 fully saturated rings. The van der Waals surface area contributed by atoms with Crippen LogP contribution in [0.4, 0.5) is 0 Å². The first-order valence-corrected chi connectivity index (χ1v) is 7.57. The molecular weight excluding hydrogens is 286 g/mol. The Balaban J connectivity index is 2.13. The summed E-state index contributed by atoms with van der Waals surface area (Å²) in [5, 5.41) is 9.80. The van der Waals surface area contributed by atoms with Crippen molar-refractivity contribution in [2.75, 3.05) is 0 Å². The zero-order valence-electron chi connectivity index (χ0n) is 10.2. The molecule has 0 radical (unpaired) electrons. The molecule has 1 atom stereocenters. The molecule has 0 aliphatic carbocycles. The van der Waals surface area contributed by atoms with E-state index in [4.69, 9.17) is 17.3 Å². The highest BCUT2D eigenvalue weighted by Crippen LogP contribution is 2.32. The van der Waals surface area contributed by atoms with Gasteiger partial charge in [0.25, 0.3) is 0 Å². The van der Waals surface area contributed by atoms with E-state index in [0.29, 0.717) is 0 Å². The summed E-state index contributed by atoms with van der Waals surface area (Å²) in [6, 6.07) is 6.15. The van der Waals surface area contributed by atoms with E-state index in [-0.39, 0.29) is 6.04 Å². The second-order valence-corrected chi connectivity index (χ2v) is 7.03.